The molecule has 0 bridgehead atoms. The van der Waals surface area contributed by atoms with Crippen molar-refractivity contribution in [1.29, 1.82) is 0 Å². The summed E-state index contributed by atoms with van der Waals surface area (Å²) in [7, 11) is 3.38. The van der Waals surface area contributed by atoms with Crippen LogP contribution in [0.2, 0.25) is 0 Å². The molecular formula is C27H33N7O3. The van der Waals surface area contributed by atoms with Gasteiger partial charge in [-0.05, 0) is 79.0 Å². The number of benzene rings is 1. The van der Waals surface area contributed by atoms with Crippen LogP contribution in [0.3, 0.4) is 0 Å². The molecule has 2 aliphatic heterocycles. The molecule has 2 atom stereocenters. The number of carbonyl (C=O) groups excluding carboxylic acids is 2. The van der Waals surface area contributed by atoms with Crippen LogP contribution >= 0.6 is 0 Å². The summed E-state index contributed by atoms with van der Waals surface area (Å²) in [6.45, 7) is 3.39. The van der Waals surface area contributed by atoms with Crippen molar-refractivity contribution in [2.24, 2.45) is 18.7 Å². The van der Waals surface area contributed by atoms with Crippen LogP contribution in [-0.2, 0) is 31.2 Å². The molecule has 194 valence electrons. The molecule has 2 aromatic heterocycles. The summed E-state index contributed by atoms with van der Waals surface area (Å²) < 4.78 is 7.84. The number of hydrogen-bond acceptors (Lipinski definition) is 6. The molecule has 0 radical (unpaired) electrons. The Morgan fingerprint density at radius 2 is 2.03 bits per heavy atom. The molecule has 10 nitrogen and oxygen atoms in total. The number of likely N-dealkylation sites (tertiary alicyclic amines) is 1. The lowest BCUT2D eigenvalue weighted by molar-refractivity contribution is -0.145. The molecule has 10 heteroatoms. The second-order valence-corrected chi connectivity index (χ2v) is 10.5. The summed E-state index contributed by atoms with van der Waals surface area (Å²) >= 11 is 0. The van der Waals surface area contributed by atoms with Crippen molar-refractivity contribution >= 4 is 11.8 Å². The minimum Gasteiger partial charge on any atom is -0.496 e. The van der Waals surface area contributed by atoms with E-state index in [-0.39, 0.29) is 17.7 Å². The van der Waals surface area contributed by atoms with E-state index in [9.17, 15) is 9.59 Å². The molecule has 4 heterocycles. The van der Waals surface area contributed by atoms with Gasteiger partial charge in [0.15, 0.2) is 0 Å². The second-order valence-electron chi connectivity index (χ2n) is 10.5. The molecule has 1 saturated carbocycles. The molecule has 37 heavy (non-hydrogen) atoms. The van der Waals surface area contributed by atoms with Gasteiger partial charge in [-0.1, -0.05) is 13.3 Å². The summed E-state index contributed by atoms with van der Waals surface area (Å²) in [6, 6.07) is 6.16. The molecule has 0 unspecified atom stereocenters. The van der Waals surface area contributed by atoms with E-state index in [2.05, 4.69) is 39.0 Å². The number of primary amides is 1. The molecule has 2 N–H and O–H groups in total. The number of piperidine rings is 1. The van der Waals surface area contributed by atoms with Crippen molar-refractivity contribution in [2.45, 2.75) is 64.0 Å². The lowest BCUT2D eigenvalue weighted by atomic mass is 9.61. The van der Waals surface area contributed by atoms with E-state index in [0.29, 0.717) is 36.8 Å². The third kappa shape index (κ3) is 3.41. The molecule has 1 aromatic carbocycles. The number of aromatic nitrogens is 5. The smallest absolute Gasteiger partial charge is 0.271 e. The number of nitrogens with zero attached hydrogens (tertiary/aromatic N) is 6. The number of tetrazole rings is 1. The fourth-order valence-corrected chi connectivity index (χ4v) is 6.74. The van der Waals surface area contributed by atoms with Crippen molar-refractivity contribution in [3.8, 4) is 28.4 Å². The maximum atomic E-state index is 14.1. The minimum atomic E-state index is -0.838. The zero-order valence-electron chi connectivity index (χ0n) is 21.7. The molecular weight excluding hydrogens is 470 g/mol. The van der Waals surface area contributed by atoms with Gasteiger partial charge >= 0.3 is 0 Å². The number of nitrogens with two attached hydrogens (primary N) is 1. The second kappa shape index (κ2) is 8.71. The summed E-state index contributed by atoms with van der Waals surface area (Å²) in [5.41, 5.74) is 10.9. The molecule has 1 saturated heterocycles. The van der Waals surface area contributed by atoms with Crippen molar-refractivity contribution in [3.63, 3.8) is 0 Å². The van der Waals surface area contributed by atoms with E-state index in [1.165, 1.54) is 4.80 Å². The summed E-state index contributed by atoms with van der Waals surface area (Å²) in [4.78, 5) is 30.0. The number of fused-ring (bicyclic) bond motifs is 4. The highest BCUT2D eigenvalue weighted by Crippen LogP contribution is 2.50. The zero-order valence-corrected chi connectivity index (χ0v) is 21.7. The third-order valence-electron chi connectivity index (χ3n) is 8.59. The van der Waals surface area contributed by atoms with E-state index >= 15 is 0 Å². The summed E-state index contributed by atoms with van der Waals surface area (Å²) in [5.74, 6) is 0.915. The van der Waals surface area contributed by atoms with Crippen LogP contribution in [0.4, 0.5) is 0 Å². The highest BCUT2D eigenvalue weighted by Gasteiger charge is 2.58. The Kier molecular flexibility index (Phi) is 5.58. The standard InChI is InChI=1S/C27H33N7O3/c1-4-6-17-13-21(25(35)34-11-5-7-18-8-10-27(18,34)26(28)36)33-12-9-16-14-22(37-3)20(15-19(16)23(17)33)24-29-31-32(2)30-24/h13-15,18H,4-12H2,1-3H3,(H2,28,36)/t18-,27+/m0/s1. The van der Waals surface area contributed by atoms with Crippen LogP contribution in [0.1, 0.15) is 60.6 Å². The maximum Gasteiger partial charge on any atom is 0.271 e. The van der Waals surface area contributed by atoms with E-state index in [4.69, 9.17) is 10.5 Å². The average molecular weight is 504 g/mol. The Morgan fingerprint density at radius 1 is 1.19 bits per heavy atom. The van der Waals surface area contributed by atoms with Gasteiger partial charge in [0.1, 0.15) is 17.0 Å². The van der Waals surface area contributed by atoms with Crippen LogP contribution in [0.25, 0.3) is 22.6 Å². The monoisotopic (exact) mass is 503 g/mol. The van der Waals surface area contributed by atoms with Gasteiger partial charge in [-0.2, -0.15) is 4.80 Å². The van der Waals surface area contributed by atoms with Gasteiger partial charge < -0.3 is 19.9 Å². The fourth-order valence-electron chi connectivity index (χ4n) is 6.74. The topological polar surface area (TPSA) is 121 Å². The summed E-state index contributed by atoms with van der Waals surface area (Å²) in [6.07, 6.45) is 6.02. The van der Waals surface area contributed by atoms with Crippen molar-refractivity contribution in [1.82, 2.24) is 29.7 Å². The molecule has 1 aliphatic carbocycles. The van der Waals surface area contributed by atoms with Gasteiger partial charge in [0, 0.05) is 18.7 Å². The van der Waals surface area contributed by atoms with Crippen LogP contribution in [0, 0.1) is 5.92 Å². The first-order valence-corrected chi connectivity index (χ1v) is 13.2. The first-order chi connectivity index (χ1) is 17.9. The van der Waals surface area contributed by atoms with Crippen LogP contribution in [0.15, 0.2) is 18.2 Å². The predicted octanol–water partition coefficient (Wildman–Crippen LogP) is 2.73. The van der Waals surface area contributed by atoms with Crippen molar-refractivity contribution in [2.75, 3.05) is 13.7 Å². The van der Waals surface area contributed by atoms with Crippen LogP contribution in [-0.4, -0.2) is 60.7 Å². The number of carbonyl (C=O) groups is 2. The third-order valence-corrected chi connectivity index (χ3v) is 8.59. The number of amides is 2. The Bertz CT molecular complexity index is 1410. The van der Waals surface area contributed by atoms with E-state index < -0.39 is 5.54 Å². The van der Waals surface area contributed by atoms with Crippen molar-refractivity contribution in [3.05, 3.63) is 35.0 Å². The lowest BCUT2D eigenvalue weighted by Gasteiger charge is -2.56. The number of aryl methyl sites for hydroxylation is 3. The lowest BCUT2D eigenvalue weighted by Crippen LogP contribution is -2.70. The van der Waals surface area contributed by atoms with Gasteiger partial charge in [0.05, 0.1) is 25.4 Å². The highest BCUT2D eigenvalue weighted by atomic mass is 16.5. The molecule has 3 aliphatic rings. The molecule has 6 rings (SSSR count). The first-order valence-electron chi connectivity index (χ1n) is 13.2. The Balaban J connectivity index is 1.48. The first kappa shape index (κ1) is 23.7. The minimum absolute atomic E-state index is 0.0837. The largest absolute Gasteiger partial charge is 0.496 e. The SMILES string of the molecule is CCCc1cc(C(=O)N2CCC[C@H]3CC[C@]32C(N)=O)n2c1-c1cc(-c3nnn(C)n3)c(OC)cc1CC2. The van der Waals surface area contributed by atoms with Gasteiger partial charge in [-0.25, -0.2) is 0 Å². The Labute approximate surface area is 215 Å². The average Bonchev–Trinajstić information content (AvgIpc) is 3.47. The molecule has 0 spiro atoms. The van der Waals surface area contributed by atoms with Gasteiger partial charge in [-0.15, -0.1) is 10.2 Å². The van der Waals surface area contributed by atoms with Gasteiger partial charge in [0.25, 0.3) is 5.91 Å². The van der Waals surface area contributed by atoms with E-state index in [1.54, 1.807) is 19.1 Å². The number of hydrogen-bond donors (Lipinski definition) is 1. The highest BCUT2D eigenvalue weighted by molar-refractivity contribution is 6.00. The normalized spacial score (nSPS) is 22.0. The number of methoxy groups -OCH3 is 1. The predicted molar refractivity (Wildman–Crippen MR) is 137 cm³/mol. The van der Waals surface area contributed by atoms with Crippen LogP contribution in [0.5, 0.6) is 5.75 Å². The zero-order chi connectivity index (χ0) is 25.9. The van der Waals surface area contributed by atoms with Crippen molar-refractivity contribution < 1.29 is 14.3 Å². The van der Waals surface area contributed by atoms with E-state index in [1.807, 2.05) is 6.07 Å². The molecule has 2 fully saturated rings. The summed E-state index contributed by atoms with van der Waals surface area (Å²) in [5, 5.41) is 12.6. The number of ether oxygens (including phenoxy) is 1. The molecule has 3 aromatic rings. The van der Waals surface area contributed by atoms with Gasteiger partial charge in [0.2, 0.25) is 11.7 Å². The number of rotatable bonds is 6. The quantitative estimate of drug-likeness (QED) is 0.552. The molecule has 2 amide bonds. The fraction of sp³-hybridized carbons (Fsp3) is 0.519. The Morgan fingerprint density at radius 3 is 2.68 bits per heavy atom. The maximum absolute atomic E-state index is 14.1. The Hall–Kier alpha value is -3.69. The van der Waals surface area contributed by atoms with E-state index in [0.717, 1.165) is 66.5 Å². The van der Waals surface area contributed by atoms with Crippen LogP contribution < -0.4 is 10.5 Å². The van der Waals surface area contributed by atoms with Gasteiger partial charge in [-0.3, -0.25) is 9.59 Å².